The predicted octanol–water partition coefficient (Wildman–Crippen LogP) is 3.68. The molecule has 1 aromatic carbocycles. The van der Waals surface area contributed by atoms with Gasteiger partial charge in [0.15, 0.2) is 0 Å². The van der Waals surface area contributed by atoms with Crippen LogP contribution in [0.5, 0.6) is 0 Å². The van der Waals surface area contributed by atoms with Crippen LogP contribution in [0.3, 0.4) is 0 Å². The lowest BCUT2D eigenvalue weighted by Gasteiger charge is -2.28. The lowest BCUT2D eigenvalue weighted by Crippen LogP contribution is -2.36. The Balaban J connectivity index is 1.71. The van der Waals surface area contributed by atoms with Gasteiger partial charge in [-0.1, -0.05) is 0 Å². The molecular formula is C21H24F3N7O. The van der Waals surface area contributed by atoms with Crippen molar-refractivity contribution >= 4 is 34.2 Å². The molecule has 0 spiro atoms. The molecule has 170 valence electrons. The van der Waals surface area contributed by atoms with E-state index >= 15 is 0 Å². The van der Waals surface area contributed by atoms with Crippen LogP contribution in [0, 0.1) is 0 Å². The highest BCUT2D eigenvalue weighted by molar-refractivity contribution is 5.91. The van der Waals surface area contributed by atoms with Crippen molar-refractivity contribution in [2.45, 2.75) is 19.1 Å². The summed E-state index contributed by atoms with van der Waals surface area (Å²) in [4.78, 5) is 15.6. The zero-order chi connectivity index (χ0) is 22.9. The number of pyridine rings is 1. The minimum Gasteiger partial charge on any atom is -0.399 e. The summed E-state index contributed by atoms with van der Waals surface area (Å²) in [5, 5.41) is 6.84. The van der Waals surface area contributed by atoms with Crippen molar-refractivity contribution in [2.75, 3.05) is 54.6 Å². The van der Waals surface area contributed by atoms with E-state index in [0.29, 0.717) is 41.4 Å². The van der Waals surface area contributed by atoms with Crippen molar-refractivity contribution in [3.8, 4) is 0 Å². The second kappa shape index (κ2) is 8.65. The maximum atomic E-state index is 13.2. The summed E-state index contributed by atoms with van der Waals surface area (Å²) in [5.41, 5.74) is 6.01. The third-order valence-electron chi connectivity index (χ3n) is 5.28. The number of aromatic nitrogens is 3. The number of morpholine rings is 1. The smallest absolute Gasteiger partial charge is 0.399 e. The number of alkyl halides is 3. The van der Waals surface area contributed by atoms with Gasteiger partial charge in [-0.2, -0.15) is 18.2 Å². The number of nitrogen functional groups attached to an aromatic ring is 1. The number of rotatable bonds is 5. The Labute approximate surface area is 183 Å². The number of benzene rings is 1. The van der Waals surface area contributed by atoms with E-state index in [4.69, 9.17) is 10.5 Å². The summed E-state index contributed by atoms with van der Waals surface area (Å²) in [6, 6.07) is 4.93. The molecule has 4 rings (SSSR count). The average molecular weight is 447 g/mol. The first kappa shape index (κ1) is 21.9. The number of hydrogen-bond acceptors (Lipinski definition) is 8. The molecule has 1 aliphatic rings. The first-order valence-corrected chi connectivity index (χ1v) is 10.2. The number of halogens is 3. The van der Waals surface area contributed by atoms with Crippen LogP contribution in [-0.4, -0.2) is 48.3 Å². The number of nitrogens with zero attached hydrogens (tertiary/aromatic N) is 4. The van der Waals surface area contributed by atoms with Gasteiger partial charge in [-0.05, 0) is 36.8 Å². The van der Waals surface area contributed by atoms with Crippen LogP contribution in [0.25, 0.3) is 10.9 Å². The minimum atomic E-state index is -4.48. The van der Waals surface area contributed by atoms with Crippen LogP contribution >= 0.6 is 0 Å². The second-order valence-electron chi connectivity index (χ2n) is 7.56. The van der Waals surface area contributed by atoms with Gasteiger partial charge in [-0.15, -0.1) is 0 Å². The van der Waals surface area contributed by atoms with Crippen LogP contribution in [-0.2, 0) is 10.9 Å². The molecule has 8 nitrogen and oxygen atoms in total. The van der Waals surface area contributed by atoms with Gasteiger partial charge >= 0.3 is 6.18 Å². The van der Waals surface area contributed by atoms with Crippen molar-refractivity contribution in [3.63, 3.8) is 0 Å². The van der Waals surface area contributed by atoms with Gasteiger partial charge in [0.2, 0.25) is 5.95 Å². The molecule has 1 unspecified atom stereocenters. The Morgan fingerprint density at radius 1 is 1.12 bits per heavy atom. The average Bonchev–Trinajstić information content (AvgIpc) is 2.78. The van der Waals surface area contributed by atoms with Crippen molar-refractivity contribution < 1.29 is 17.9 Å². The van der Waals surface area contributed by atoms with Crippen molar-refractivity contribution in [1.29, 1.82) is 0 Å². The second-order valence-corrected chi connectivity index (χ2v) is 7.56. The molecule has 1 aliphatic heterocycles. The van der Waals surface area contributed by atoms with Crippen molar-refractivity contribution in [1.82, 2.24) is 15.0 Å². The molecule has 1 saturated heterocycles. The van der Waals surface area contributed by atoms with Crippen LogP contribution in [0.4, 0.5) is 36.4 Å². The molecule has 0 radical (unpaired) electrons. The quantitative estimate of drug-likeness (QED) is 0.510. The van der Waals surface area contributed by atoms with E-state index in [-0.39, 0.29) is 5.69 Å². The van der Waals surface area contributed by atoms with Gasteiger partial charge in [-0.3, -0.25) is 0 Å². The zero-order valence-electron chi connectivity index (χ0n) is 17.7. The zero-order valence-corrected chi connectivity index (χ0v) is 17.7. The summed E-state index contributed by atoms with van der Waals surface area (Å²) in [5.74, 6) is 1.62. The Bertz CT molecular complexity index is 1120. The minimum absolute atomic E-state index is 0.0470. The predicted molar refractivity (Wildman–Crippen MR) is 118 cm³/mol. The standard InChI is InChI=1S/C21H24F3N7O/c1-12(13-7-14(21(22,23)24)9-15(25)8-13)28-19-16-10-18(31-3-5-32-6-4-31)27-11-17(16)29-20(26-2)30-19/h7-12H,3-6,25H2,1-2H3,(H2,26,28,29,30). The molecule has 11 heteroatoms. The summed E-state index contributed by atoms with van der Waals surface area (Å²) in [6.45, 7) is 4.43. The van der Waals surface area contributed by atoms with E-state index in [1.165, 1.54) is 6.07 Å². The number of nitrogens with two attached hydrogens (primary N) is 1. The lowest BCUT2D eigenvalue weighted by atomic mass is 10.0. The molecule has 3 aromatic rings. The summed E-state index contributed by atoms with van der Waals surface area (Å²) >= 11 is 0. The third kappa shape index (κ3) is 4.62. The van der Waals surface area contributed by atoms with E-state index in [1.807, 2.05) is 6.07 Å². The van der Waals surface area contributed by atoms with E-state index in [1.54, 1.807) is 20.2 Å². The number of hydrogen-bond donors (Lipinski definition) is 3. The maximum absolute atomic E-state index is 13.2. The lowest BCUT2D eigenvalue weighted by molar-refractivity contribution is -0.137. The fourth-order valence-electron chi connectivity index (χ4n) is 3.59. The van der Waals surface area contributed by atoms with Gasteiger partial charge in [0.1, 0.15) is 11.6 Å². The van der Waals surface area contributed by atoms with Gasteiger partial charge in [0.05, 0.1) is 36.5 Å². The normalized spacial score (nSPS) is 15.6. The number of nitrogens with one attached hydrogen (secondary N) is 2. The Morgan fingerprint density at radius 3 is 2.56 bits per heavy atom. The fraction of sp³-hybridized carbons (Fsp3) is 0.381. The largest absolute Gasteiger partial charge is 0.416 e. The van der Waals surface area contributed by atoms with Gasteiger partial charge in [-0.25, -0.2) is 9.97 Å². The molecule has 4 N–H and O–H groups in total. The van der Waals surface area contributed by atoms with Gasteiger partial charge in [0, 0.05) is 31.2 Å². The van der Waals surface area contributed by atoms with Crippen molar-refractivity contribution in [2.24, 2.45) is 0 Å². The first-order valence-electron chi connectivity index (χ1n) is 10.2. The molecule has 0 aliphatic carbocycles. The summed E-state index contributed by atoms with van der Waals surface area (Å²) < 4.78 is 45.1. The maximum Gasteiger partial charge on any atom is 0.416 e. The molecule has 0 amide bonds. The van der Waals surface area contributed by atoms with Crippen LogP contribution < -0.4 is 21.3 Å². The topological polar surface area (TPSA) is 101 Å². The van der Waals surface area contributed by atoms with Crippen molar-refractivity contribution in [3.05, 3.63) is 41.6 Å². The number of anilines is 4. The third-order valence-corrected chi connectivity index (χ3v) is 5.28. The van der Waals surface area contributed by atoms with Gasteiger partial charge < -0.3 is 26.0 Å². The molecule has 0 bridgehead atoms. The monoisotopic (exact) mass is 447 g/mol. The Kier molecular flexibility index (Phi) is 5.92. The van der Waals surface area contributed by atoms with Gasteiger partial charge in [0.25, 0.3) is 0 Å². The van der Waals surface area contributed by atoms with E-state index < -0.39 is 17.8 Å². The SMILES string of the molecule is CNc1nc(NC(C)c2cc(N)cc(C(F)(F)F)c2)c2cc(N3CCOCC3)ncc2n1. The van der Waals surface area contributed by atoms with Crippen LogP contribution in [0.15, 0.2) is 30.5 Å². The molecule has 32 heavy (non-hydrogen) atoms. The number of fused-ring (bicyclic) bond motifs is 1. The Morgan fingerprint density at radius 2 is 1.88 bits per heavy atom. The Hall–Kier alpha value is -3.34. The molecule has 1 atom stereocenters. The number of ether oxygens (including phenoxy) is 1. The van der Waals surface area contributed by atoms with Crippen LogP contribution in [0.1, 0.15) is 24.1 Å². The molecule has 2 aromatic heterocycles. The summed E-state index contributed by atoms with van der Waals surface area (Å²) in [6.07, 6.45) is -2.82. The van der Waals surface area contributed by atoms with E-state index in [2.05, 4.69) is 30.5 Å². The summed E-state index contributed by atoms with van der Waals surface area (Å²) in [7, 11) is 1.69. The highest BCUT2D eigenvalue weighted by Gasteiger charge is 2.31. The van der Waals surface area contributed by atoms with E-state index in [0.717, 1.165) is 31.0 Å². The first-order chi connectivity index (χ1) is 15.2. The highest BCUT2D eigenvalue weighted by atomic mass is 19.4. The highest BCUT2D eigenvalue weighted by Crippen LogP contribution is 2.34. The molecule has 3 heterocycles. The van der Waals surface area contributed by atoms with Crippen LogP contribution in [0.2, 0.25) is 0 Å². The molecular weight excluding hydrogens is 423 g/mol. The fourth-order valence-corrected chi connectivity index (χ4v) is 3.59. The molecule has 0 saturated carbocycles. The van der Waals surface area contributed by atoms with E-state index in [9.17, 15) is 13.2 Å². The molecule has 1 fully saturated rings.